The summed E-state index contributed by atoms with van der Waals surface area (Å²) in [6.45, 7) is 8.95. The van der Waals surface area contributed by atoms with Crippen LogP contribution in [0.5, 0.6) is 11.5 Å². The van der Waals surface area contributed by atoms with Gasteiger partial charge in [0.25, 0.3) is 0 Å². The number of rotatable bonds is 10. The summed E-state index contributed by atoms with van der Waals surface area (Å²) >= 11 is 0. The van der Waals surface area contributed by atoms with Crippen LogP contribution >= 0.6 is 0 Å². The standard InChI is InChI=1S/C25H36O2/c1-5-7-9-11-19-17-21(26)13-15-23(19)25(3,4)24-16-14-22(27)18-20(24)12-10-8-6-2/h13-18,26-27H,5-12H2,1-4H3. The van der Waals surface area contributed by atoms with Crippen molar-refractivity contribution < 1.29 is 10.2 Å². The van der Waals surface area contributed by atoms with Gasteiger partial charge < -0.3 is 10.2 Å². The minimum Gasteiger partial charge on any atom is -0.508 e. The highest BCUT2D eigenvalue weighted by molar-refractivity contribution is 5.49. The lowest BCUT2D eigenvalue weighted by Gasteiger charge is -2.31. The molecule has 0 aromatic heterocycles. The van der Waals surface area contributed by atoms with Gasteiger partial charge >= 0.3 is 0 Å². The second-order valence-corrected chi connectivity index (χ2v) is 8.22. The number of aryl methyl sites for hydroxylation is 2. The third-order valence-electron chi connectivity index (χ3n) is 5.62. The van der Waals surface area contributed by atoms with Crippen LogP contribution in [0.25, 0.3) is 0 Å². The van der Waals surface area contributed by atoms with E-state index in [2.05, 4.69) is 39.8 Å². The number of phenols is 2. The molecule has 0 fully saturated rings. The van der Waals surface area contributed by atoms with E-state index in [1.54, 1.807) is 12.1 Å². The average Bonchev–Trinajstić information content (AvgIpc) is 2.62. The Labute approximate surface area is 165 Å². The van der Waals surface area contributed by atoms with Crippen LogP contribution in [0.4, 0.5) is 0 Å². The number of aromatic hydroxyl groups is 2. The van der Waals surface area contributed by atoms with E-state index < -0.39 is 0 Å². The van der Waals surface area contributed by atoms with Crippen LogP contribution < -0.4 is 0 Å². The van der Waals surface area contributed by atoms with Gasteiger partial charge in [0.2, 0.25) is 0 Å². The van der Waals surface area contributed by atoms with Gasteiger partial charge in [-0.3, -0.25) is 0 Å². The normalized spacial score (nSPS) is 11.7. The summed E-state index contributed by atoms with van der Waals surface area (Å²) in [5.74, 6) is 0.685. The van der Waals surface area contributed by atoms with Crippen molar-refractivity contribution in [3.63, 3.8) is 0 Å². The van der Waals surface area contributed by atoms with Crippen molar-refractivity contribution in [2.24, 2.45) is 0 Å². The van der Waals surface area contributed by atoms with Gasteiger partial charge in [0.05, 0.1) is 0 Å². The fourth-order valence-corrected chi connectivity index (χ4v) is 4.07. The zero-order valence-electron chi connectivity index (χ0n) is 17.5. The zero-order chi connectivity index (χ0) is 19.9. The van der Waals surface area contributed by atoms with Crippen molar-refractivity contribution >= 4 is 0 Å². The minimum atomic E-state index is -0.176. The molecule has 0 atom stereocenters. The molecule has 2 nitrogen and oxygen atoms in total. The summed E-state index contributed by atoms with van der Waals surface area (Å²) in [5.41, 5.74) is 4.85. The van der Waals surface area contributed by atoms with Crippen molar-refractivity contribution in [3.8, 4) is 11.5 Å². The Morgan fingerprint density at radius 1 is 0.667 bits per heavy atom. The summed E-state index contributed by atoms with van der Waals surface area (Å²) in [6, 6.07) is 11.6. The molecule has 0 aliphatic carbocycles. The average molecular weight is 369 g/mol. The Hall–Kier alpha value is -1.96. The fourth-order valence-electron chi connectivity index (χ4n) is 4.07. The van der Waals surface area contributed by atoms with Crippen LogP contribution in [0.2, 0.25) is 0 Å². The number of phenolic OH excluding ortho intramolecular Hbond substituents is 2. The Bertz CT molecular complexity index is 670. The van der Waals surface area contributed by atoms with E-state index in [1.807, 2.05) is 12.1 Å². The van der Waals surface area contributed by atoms with Crippen molar-refractivity contribution in [3.05, 3.63) is 58.7 Å². The highest BCUT2D eigenvalue weighted by Crippen LogP contribution is 2.38. The lowest BCUT2D eigenvalue weighted by Crippen LogP contribution is -2.23. The summed E-state index contributed by atoms with van der Waals surface area (Å²) < 4.78 is 0. The molecule has 2 aromatic rings. The molecule has 0 radical (unpaired) electrons. The first-order valence-corrected chi connectivity index (χ1v) is 10.5. The molecule has 0 amide bonds. The third kappa shape index (κ3) is 5.51. The topological polar surface area (TPSA) is 40.5 Å². The largest absolute Gasteiger partial charge is 0.508 e. The van der Waals surface area contributed by atoms with E-state index in [0.29, 0.717) is 11.5 Å². The quantitative estimate of drug-likeness (QED) is 0.448. The van der Waals surface area contributed by atoms with Gasteiger partial charge in [0.15, 0.2) is 0 Å². The molecule has 2 N–H and O–H groups in total. The van der Waals surface area contributed by atoms with Crippen molar-refractivity contribution in [2.45, 2.75) is 84.5 Å². The van der Waals surface area contributed by atoms with Gasteiger partial charge in [-0.25, -0.2) is 0 Å². The zero-order valence-corrected chi connectivity index (χ0v) is 17.5. The molecule has 2 aromatic carbocycles. The highest BCUT2D eigenvalue weighted by atomic mass is 16.3. The molecular formula is C25H36O2. The molecule has 0 spiro atoms. The third-order valence-corrected chi connectivity index (χ3v) is 5.62. The van der Waals surface area contributed by atoms with E-state index >= 15 is 0 Å². The molecular weight excluding hydrogens is 332 g/mol. The van der Waals surface area contributed by atoms with Crippen LogP contribution in [-0.2, 0) is 18.3 Å². The summed E-state index contributed by atoms with van der Waals surface area (Å²) in [6.07, 6.45) is 9.06. The smallest absolute Gasteiger partial charge is 0.115 e. The second kappa shape index (κ2) is 9.82. The SMILES string of the molecule is CCCCCc1cc(O)ccc1C(C)(C)c1ccc(O)cc1CCCCC. The summed E-state index contributed by atoms with van der Waals surface area (Å²) in [5, 5.41) is 20.1. The predicted octanol–water partition coefficient (Wildman–Crippen LogP) is 6.89. The van der Waals surface area contributed by atoms with Crippen molar-refractivity contribution in [2.75, 3.05) is 0 Å². The molecule has 0 heterocycles. The Morgan fingerprint density at radius 3 is 1.44 bits per heavy atom. The van der Waals surface area contributed by atoms with Gasteiger partial charge in [-0.05, 0) is 72.2 Å². The molecule has 2 rings (SSSR count). The Morgan fingerprint density at radius 2 is 1.07 bits per heavy atom. The minimum absolute atomic E-state index is 0.176. The van der Waals surface area contributed by atoms with Crippen molar-refractivity contribution in [1.82, 2.24) is 0 Å². The van der Waals surface area contributed by atoms with Gasteiger partial charge in [-0.2, -0.15) is 0 Å². The van der Waals surface area contributed by atoms with E-state index in [9.17, 15) is 10.2 Å². The van der Waals surface area contributed by atoms with Crippen molar-refractivity contribution in [1.29, 1.82) is 0 Å². The fraction of sp³-hybridized carbons (Fsp3) is 0.520. The summed E-state index contributed by atoms with van der Waals surface area (Å²) in [4.78, 5) is 0. The molecule has 0 saturated carbocycles. The number of hydrogen-bond acceptors (Lipinski definition) is 2. The number of hydrogen-bond donors (Lipinski definition) is 2. The van der Waals surface area contributed by atoms with E-state index in [1.165, 1.54) is 47.9 Å². The second-order valence-electron chi connectivity index (χ2n) is 8.22. The first-order chi connectivity index (χ1) is 12.9. The Kier molecular flexibility index (Phi) is 7.77. The van der Waals surface area contributed by atoms with Crippen LogP contribution in [0.3, 0.4) is 0 Å². The molecule has 2 heteroatoms. The maximum absolute atomic E-state index is 10.0. The molecule has 0 aliphatic rings. The van der Waals surface area contributed by atoms with Gasteiger partial charge in [-0.1, -0.05) is 65.5 Å². The lowest BCUT2D eigenvalue weighted by atomic mass is 9.73. The molecule has 0 saturated heterocycles. The number of benzene rings is 2. The van der Waals surface area contributed by atoms with E-state index in [0.717, 1.165) is 25.7 Å². The first kappa shape index (κ1) is 21.3. The molecule has 0 bridgehead atoms. The van der Waals surface area contributed by atoms with Gasteiger partial charge in [0.1, 0.15) is 11.5 Å². The van der Waals surface area contributed by atoms with Crippen LogP contribution in [-0.4, -0.2) is 10.2 Å². The summed E-state index contributed by atoms with van der Waals surface area (Å²) in [7, 11) is 0. The lowest BCUT2D eigenvalue weighted by molar-refractivity contribution is 0.472. The predicted molar refractivity (Wildman–Crippen MR) is 115 cm³/mol. The molecule has 27 heavy (non-hydrogen) atoms. The maximum Gasteiger partial charge on any atom is 0.115 e. The van der Waals surface area contributed by atoms with Crippen LogP contribution in [0.15, 0.2) is 36.4 Å². The molecule has 0 unspecified atom stereocenters. The monoisotopic (exact) mass is 368 g/mol. The van der Waals surface area contributed by atoms with E-state index in [-0.39, 0.29) is 5.41 Å². The highest BCUT2D eigenvalue weighted by Gasteiger charge is 2.28. The van der Waals surface area contributed by atoms with Crippen LogP contribution in [0.1, 0.15) is 88.5 Å². The van der Waals surface area contributed by atoms with E-state index in [4.69, 9.17) is 0 Å². The first-order valence-electron chi connectivity index (χ1n) is 10.5. The molecule has 0 aliphatic heterocycles. The molecule has 148 valence electrons. The van der Waals surface area contributed by atoms with Gasteiger partial charge in [-0.15, -0.1) is 0 Å². The Balaban J connectivity index is 2.43. The van der Waals surface area contributed by atoms with Gasteiger partial charge in [0, 0.05) is 5.41 Å². The maximum atomic E-state index is 10.0. The number of unbranched alkanes of at least 4 members (excludes halogenated alkanes) is 4. The van der Waals surface area contributed by atoms with Crippen LogP contribution in [0, 0.1) is 0 Å².